The van der Waals surface area contributed by atoms with E-state index in [0.717, 1.165) is 22.6 Å². The van der Waals surface area contributed by atoms with Crippen LogP contribution in [0.25, 0.3) is 5.76 Å². The van der Waals surface area contributed by atoms with E-state index in [2.05, 4.69) is 0 Å². The minimum absolute atomic E-state index is 0.104. The third-order valence-corrected chi connectivity index (χ3v) is 5.60. The van der Waals surface area contributed by atoms with E-state index < -0.39 is 35.2 Å². The van der Waals surface area contributed by atoms with E-state index in [1.54, 1.807) is 36.4 Å². The Bertz CT molecular complexity index is 1310. The number of amides is 1. The van der Waals surface area contributed by atoms with Crippen molar-refractivity contribution >= 4 is 23.1 Å². The first-order chi connectivity index (χ1) is 16.1. The van der Waals surface area contributed by atoms with E-state index in [9.17, 15) is 27.9 Å². The van der Waals surface area contributed by atoms with Crippen LogP contribution in [0, 0.1) is 6.92 Å². The molecule has 3 aromatic rings. The maximum Gasteiger partial charge on any atom is 0.416 e. The lowest BCUT2D eigenvalue weighted by molar-refractivity contribution is -0.137. The monoisotopic (exact) mass is 467 g/mol. The van der Waals surface area contributed by atoms with Crippen LogP contribution in [0.4, 0.5) is 18.9 Å². The van der Waals surface area contributed by atoms with Gasteiger partial charge in [-0.25, -0.2) is 0 Å². The topological polar surface area (TPSA) is 66.8 Å². The van der Waals surface area contributed by atoms with Crippen LogP contribution in [-0.2, 0) is 15.8 Å². The summed E-state index contributed by atoms with van der Waals surface area (Å²) < 4.78 is 45.3. The van der Waals surface area contributed by atoms with Gasteiger partial charge in [0.2, 0.25) is 0 Å². The second-order valence-electron chi connectivity index (χ2n) is 7.86. The highest BCUT2D eigenvalue weighted by Crippen LogP contribution is 2.43. The van der Waals surface area contributed by atoms with Crippen LogP contribution in [0.2, 0.25) is 0 Å². The first-order valence-electron chi connectivity index (χ1n) is 10.3. The molecule has 1 fully saturated rings. The number of carbonyl (C=O) groups is 2. The molecule has 1 aliphatic heterocycles. The number of aliphatic hydroxyl groups excluding tert-OH is 1. The molecule has 1 aliphatic rings. The highest BCUT2D eigenvalue weighted by Gasteiger charge is 2.47. The molecule has 0 spiro atoms. The third-order valence-electron chi connectivity index (χ3n) is 5.60. The summed E-state index contributed by atoms with van der Waals surface area (Å²) >= 11 is 0. The van der Waals surface area contributed by atoms with E-state index >= 15 is 0 Å². The van der Waals surface area contributed by atoms with Crippen LogP contribution in [0.1, 0.15) is 28.3 Å². The first kappa shape index (κ1) is 23.1. The zero-order valence-corrected chi connectivity index (χ0v) is 18.3. The summed E-state index contributed by atoms with van der Waals surface area (Å²) in [6.07, 6.45) is -4.64. The molecule has 5 nitrogen and oxygen atoms in total. The lowest BCUT2D eigenvalue weighted by Gasteiger charge is -2.26. The number of hydrogen-bond donors (Lipinski definition) is 1. The smallest absolute Gasteiger partial charge is 0.416 e. The van der Waals surface area contributed by atoms with Gasteiger partial charge < -0.3 is 9.84 Å². The number of anilines is 1. The summed E-state index contributed by atoms with van der Waals surface area (Å²) in [4.78, 5) is 27.3. The highest BCUT2D eigenvalue weighted by molar-refractivity contribution is 6.51. The summed E-state index contributed by atoms with van der Waals surface area (Å²) in [5.41, 5.74) is 0.241. The Hall–Kier alpha value is -4.07. The molecule has 0 bridgehead atoms. The van der Waals surface area contributed by atoms with Crippen molar-refractivity contribution in [2.24, 2.45) is 0 Å². The number of methoxy groups -OCH3 is 1. The van der Waals surface area contributed by atoms with Crippen molar-refractivity contribution in [2.75, 3.05) is 12.0 Å². The summed E-state index contributed by atoms with van der Waals surface area (Å²) in [5.74, 6) is -2.05. The quantitative estimate of drug-likeness (QED) is 0.306. The molecule has 1 heterocycles. The summed E-state index contributed by atoms with van der Waals surface area (Å²) in [7, 11) is 1.44. The maximum absolute atomic E-state index is 13.4. The standard InChI is InChI=1S/C26H20F3NO4/c1-15-6-3-7-16(12-15)22-21(23(31)17-8-4-11-20(13-17)34-2)24(32)25(33)30(22)19-10-5-9-18(14-19)26(27,28)29/h3-14,22,31H,1-2H3/b23-21+. The maximum atomic E-state index is 13.4. The number of ketones is 1. The number of ether oxygens (including phenoxy) is 1. The molecule has 0 saturated carbocycles. The molecule has 0 aliphatic carbocycles. The van der Waals surface area contributed by atoms with Gasteiger partial charge in [-0.15, -0.1) is 0 Å². The Morgan fingerprint density at radius 2 is 1.68 bits per heavy atom. The Kier molecular flexibility index (Phi) is 5.91. The number of benzene rings is 3. The van der Waals surface area contributed by atoms with E-state index in [1.165, 1.54) is 25.3 Å². The molecule has 34 heavy (non-hydrogen) atoms. The molecule has 1 unspecified atom stereocenters. The predicted molar refractivity (Wildman–Crippen MR) is 120 cm³/mol. The van der Waals surface area contributed by atoms with Gasteiger partial charge in [-0.05, 0) is 42.8 Å². The van der Waals surface area contributed by atoms with E-state index in [0.29, 0.717) is 11.3 Å². The number of aliphatic hydroxyl groups is 1. The number of hydrogen-bond acceptors (Lipinski definition) is 4. The Morgan fingerprint density at radius 1 is 0.971 bits per heavy atom. The zero-order chi connectivity index (χ0) is 24.6. The minimum atomic E-state index is -4.64. The Labute approximate surface area is 193 Å². The summed E-state index contributed by atoms with van der Waals surface area (Å²) in [5, 5.41) is 11.1. The van der Waals surface area contributed by atoms with Crippen molar-refractivity contribution in [3.8, 4) is 5.75 Å². The van der Waals surface area contributed by atoms with Crippen molar-refractivity contribution in [2.45, 2.75) is 19.1 Å². The number of halogens is 3. The average molecular weight is 467 g/mol. The number of rotatable bonds is 4. The van der Waals surface area contributed by atoms with Crippen molar-refractivity contribution in [3.63, 3.8) is 0 Å². The van der Waals surface area contributed by atoms with E-state index in [-0.39, 0.29) is 16.8 Å². The molecule has 0 aromatic heterocycles. The van der Waals surface area contributed by atoms with Gasteiger partial charge in [0.15, 0.2) is 0 Å². The zero-order valence-electron chi connectivity index (χ0n) is 18.3. The second kappa shape index (κ2) is 8.70. The molecule has 1 atom stereocenters. The average Bonchev–Trinajstić information content (AvgIpc) is 3.08. The lowest BCUT2D eigenvalue weighted by Crippen LogP contribution is -2.29. The first-order valence-corrected chi connectivity index (χ1v) is 10.3. The van der Waals surface area contributed by atoms with E-state index in [1.807, 2.05) is 13.0 Å². The molecular weight excluding hydrogens is 447 g/mol. The van der Waals surface area contributed by atoms with Gasteiger partial charge in [-0.1, -0.05) is 48.0 Å². The van der Waals surface area contributed by atoms with Crippen LogP contribution < -0.4 is 9.64 Å². The fraction of sp³-hybridized carbons (Fsp3) is 0.154. The third kappa shape index (κ3) is 4.14. The number of alkyl halides is 3. The fourth-order valence-corrected chi connectivity index (χ4v) is 4.01. The van der Waals surface area contributed by atoms with Crippen molar-refractivity contribution in [3.05, 3.63) is 101 Å². The molecular formula is C26H20F3NO4. The van der Waals surface area contributed by atoms with Gasteiger partial charge in [0, 0.05) is 11.3 Å². The van der Waals surface area contributed by atoms with Gasteiger partial charge in [0.25, 0.3) is 11.7 Å². The Morgan fingerprint density at radius 3 is 2.35 bits per heavy atom. The molecule has 3 aromatic carbocycles. The van der Waals surface area contributed by atoms with Crippen LogP contribution in [0.5, 0.6) is 5.75 Å². The van der Waals surface area contributed by atoms with Crippen LogP contribution in [0.15, 0.2) is 78.4 Å². The number of aryl methyl sites for hydroxylation is 1. The van der Waals surface area contributed by atoms with Gasteiger partial charge in [0.05, 0.1) is 24.3 Å². The van der Waals surface area contributed by atoms with Gasteiger partial charge in [-0.3, -0.25) is 14.5 Å². The van der Waals surface area contributed by atoms with Gasteiger partial charge >= 0.3 is 6.18 Å². The Balaban J connectivity index is 1.96. The van der Waals surface area contributed by atoms with Crippen molar-refractivity contribution in [1.29, 1.82) is 0 Å². The second-order valence-corrected chi connectivity index (χ2v) is 7.86. The van der Waals surface area contributed by atoms with Crippen LogP contribution in [0.3, 0.4) is 0 Å². The molecule has 8 heteroatoms. The largest absolute Gasteiger partial charge is 0.507 e. The SMILES string of the molecule is COc1cccc(/C(O)=C2\C(=O)C(=O)N(c3cccc(C(F)(F)F)c3)C2c2cccc(C)c2)c1. The molecule has 174 valence electrons. The molecule has 1 saturated heterocycles. The van der Waals surface area contributed by atoms with Gasteiger partial charge in [0.1, 0.15) is 11.5 Å². The predicted octanol–water partition coefficient (Wildman–Crippen LogP) is 5.65. The lowest BCUT2D eigenvalue weighted by atomic mass is 9.94. The molecule has 4 rings (SSSR count). The number of Topliss-reactive ketones (excluding diaryl/α,β-unsaturated/α-hetero) is 1. The highest BCUT2D eigenvalue weighted by atomic mass is 19.4. The minimum Gasteiger partial charge on any atom is -0.507 e. The molecule has 0 radical (unpaired) electrons. The van der Waals surface area contributed by atoms with Crippen molar-refractivity contribution in [1.82, 2.24) is 0 Å². The van der Waals surface area contributed by atoms with E-state index in [4.69, 9.17) is 4.74 Å². The normalized spacial score (nSPS) is 17.8. The molecule has 1 N–H and O–H groups in total. The van der Waals surface area contributed by atoms with Crippen molar-refractivity contribution < 1.29 is 32.6 Å². The number of carbonyl (C=O) groups excluding carboxylic acids is 2. The number of nitrogens with zero attached hydrogens (tertiary/aromatic N) is 1. The molecule has 1 amide bonds. The van der Waals surface area contributed by atoms with Gasteiger partial charge in [-0.2, -0.15) is 13.2 Å². The summed E-state index contributed by atoms with van der Waals surface area (Å²) in [6, 6.07) is 16.3. The fourth-order valence-electron chi connectivity index (χ4n) is 4.01. The summed E-state index contributed by atoms with van der Waals surface area (Å²) in [6.45, 7) is 1.81. The van der Waals surface area contributed by atoms with Crippen LogP contribution in [-0.4, -0.2) is 23.9 Å². The van der Waals surface area contributed by atoms with Crippen LogP contribution >= 0.6 is 0 Å².